The zero-order chi connectivity index (χ0) is 16.7. The van der Waals surface area contributed by atoms with Crippen molar-refractivity contribution in [2.24, 2.45) is 0 Å². The Hall–Kier alpha value is 0.500. The summed E-state index contributed by atoms with van der Waals surface area (Å²) in [6, 6.07) is 0. The highest BCUT2D eigenvalue weighted by atomic mass is 35.5. The first kappa shape index (κ1) is 32.2. The summed E-state index contributed by atoms with van der Waals surface area (Å²) in [4.78, 5) is 0. The lowest BCUT2D eigenvalue weighted by atomic mass is 10.1. The standard InChI is InChI=1S/2C10H23N.2ClH/c2*1-2-3-4-5-6-7-8-9-10-11;;/h2*2-11H2,1H3;2*1H. The number of rotatable bonds is 16. The molecule has 0 saturated heterocycles. The highest BCUT2D eigenvalue weighted by Crippen LogP contribution is 2.08. The van der Waals surface area contributed by atoms with Crippen molar-refractivity contribution >= 4 is 0 Å². The SMILES string of the molecule is CCCCCCCCCC[NH3+].CCCCCCCCCC[NH3+].[Cl-].[Cl-]. The number of halogens is 2. The van der Waals surface area contributed by atoms with Crippen molar-refractivity contribution in [1.29, 1.82) is 0 Å². The lowest BCUT2D eigenvalue weighted by molar-refractivity contribution is -0.368. The minimum Gasteiger partial charge on any atom is -1.00 e. The van der Waals surface area contributed by atoms with Crippen LogP contribution in [0.15, 0.2) is 0 Å². The van der Waals surface area contributed by atoms with E-state index in [0.717, 1.165) is 13.1 Å². The summed E-state index contributed by atoms with van der Waals surface area (Å²) in [6.07, 6.45) is 22.6. The van der Waals surface area contributed by atoms with Crippen molar-refractivity contribution < 1.29 is 36.3 Å². The highest BCUT2D eigenvalue weighted by molar-refractivity contribution is 4.45. The van der Waals surface area contributed by atoms with Gasteiger partial charge in [-0.25, -0.2) is 0 Å². The van der Waals surface area contributed by atoms with Crippen molar-refractivity contribution in [3.8, 4) is 0 Å². The van der Waals surface area contributed by atoms with E-state index in [1.807, 2.05) is 0 Å². The highest BCUT2D eigenvalue weighted by Gasteiger charge is 1.90. The van der Waals surface area contributed by atoms with E-state index in [-0.39, 0.29) is 24.8 Å². The molecule has 24 heavy (non-hydrogen) atoms. The fourth-order valence-corrected chi connectivity index (χ4v) is 2.62. The smallest absolute Gasteiger partial charge is 0.0739 e. The largest absolute Gasteiger partial charge is 1.00 e. The second-order valence-electron chi connectivity index (χ2n) is 6.66. The lowest BCUT2D eigenvalue weighted by Crippen LogP contribution is -3.00. The third kappa shape index (κ3) is 38.2. The first-order valence-corrected chi connectivity index (χ1v) is 10.4. The van der Waals surface area contributed by atoms with Crippen LogP contribution in [0.2, 0.25) is 0 Å². The second-order valence-corrected chi connectivity index (χ2v) is 6.66. The third-order valence-electron chi connectivity index (χ3n) is 4.21. The predicted octanol–water partition coefficient (Wildman–Crippen LogP) is -1.25. The molecular formula is C20H48Cl2N2. The molecule has 0 saturated carbocycles. The first-order valence-electron chi connectivity index (χ1n) is 10.4. The van der Waals surface area contributed by atoms with E-state index >= 15 is 0 Å². The predicted molar refractivity (Wildman–Crippen MR) is 101 cm³/mol. The van der Waals surface area contributed by atoms with E-state index in [0.29, 0.717) is 0 Å². The van der Waals surface area contributed by atoms with Crippen molar-refractivity contribution in [3.63, 3.8) is 0 Å². The molecule has 0 fully saturated rings. The summed E-state index contributed by atoms with van der Waals surface area (Å²) in [5.41, 5.74) is 7.67. The normalized spacial score (nSPS) is 9.50. The molecule has 0 rings (SSSR count). The number of hydrogen-bond acceptors (Lipinski definition) is 0. The fraction of sp³-hybridized carbons (Fsp3) is 1.00. The lowest BCUT2D eigenvalue weighted by Gasteiger charge is -1.98. The summed E-state index contributed by atoms with van der Waals surface area (Å²) in [5, 5.41) is 0. The Morgan fingerprint density at radius 1 is 0.375 bits per heavy atom. The van der Waals surface area contributed by atoms with Gasteiger partial charge < -0.3 is 36.3 Å². The third-order valence-corrected chi connectivity index (χ3v) is 4.21. The Morgan fingerprint density at radius 3 is 0.792 bits per heavy atom. The van der Waals surface area contributed by atoms with Crippen LogP contribution < -0.4 is 36.3 Å². The van der Waals surface area contributed by atoms with Crippen LogP contribution in [-0.4, -0.2) is 13.1 Å². The molecule has 6 N–H and O–H groups in total. The number of unbranched alkanes of at least 4 members (excludes halogenated alkanes) is 14. The van der Waals surface area contributed by atoms with Crippen molar-refractivity contribution in [2.75, 3.05) is 13.1 Å². The van der Waals surface area contributed by atoms with Gasteiger partial charge in [-0.1, -0.05) is 90.9 Å². The monoisotopic (exact) mass is 386 g/mol. The minimum atomic E-state index is 0. The zero-order valence-electron chi connectivity index (χ0n) is 16.9. The van der Waals surface area contributed by atoms with Crippen LogP contribution in [0, 0.1) is 0 Å². The van der Waals surface area contributed by atoms with Crippen LogP contribution in [0.3, 0.4) is 0 Å². The molecule has 0 heterocycles. The van der Waals surface area contributed by atoms with Gasteiger partial charge in [-0.15, -0.1) is 0 Å². The van der Waals surface area contributed by atoms with Crippen LogP contribution in [0.4, 0.5) is 0 Å². The van der Waals surface area contributed by atoms with E-state index in [2.05, 4.69) is 25.3 Å². The molecule has 0 radical (unpaired) electrons. The van der Waals surface area contributed by atoms with Crippen LogP contribution >= 0.6 is 0 Å². The van der Waals surface area contributed by atoms with Crippen molar-refractivity contribution in [1.82, 2.24) is 0 Å². The van der Waals surface area contributed by atoms with Crippen LogP contribution in [0.1, 0.15) is 117 Å². The molecule has 0 aliphatic rings. The van der Waals surface area contributed by atoms with Crippen molar-refractivity contribution in [3.05, 3.63) is 0 Å². The molecule has 0 atom stereocenters. The Kier molecular flexibility index (Phi) is 46.6. The number of quaternary nitrogens is 2. The topological polar surface area (TPSA) is 55.3 Å². The quantitative estimate of drug-likeness (QED) is 0.311. The van der Waals surface area contributed by atoms with E-state index < -0.39 is 0 Å². The summed E-state index contributed by atoms with van der Waals surface area (Å²) in [6.45, 7) is 6.77. The molecule has 0 bridgehead atoms. The first-order chi connectivity index (χ1) is 10.8. The van der Waals surface area contributed by atoms with Gasteiger partial charge in [-0.3, -0.25) is 0 Å². The minimum absolute atomic E-state index is 0. The maximum atomic E-state index is 3.83. The average Bonchev–Trinajstić information content (AvgIpc) is 2.54. The molecule has 0 aromatic heterocycles. The summed E-state index contributed by atoms with van der Waals surface area (Å²) >= 11 is 0. The molecule has 0 amide bonds. The van der Waals surface area contributed by atoms with E-state index in [1.54, 1.807) is 0 Å². The molecule has 0 unspecified atom stereocenters. The van der Waals surface area contributed by atoms with E-state index in [4.69, 9.17) is 0 Å². The molecule has 0 spiro atoms. The van der Waals surface area contributed by atoms with Gasteiger partial charge >= 0.3 is 0 Å². The molecule has 0 aromatic rings. The molecule has 2 nitrogen and oxygen atoms in total. The van der Waals surface area contributed by atoms with E-state index in [1.165, 1.54) is 103 Å². The summed E-state index contributed by atoms with van der Waals surface area (Å²) in [5.74, 6) is 0. The van der Waals surface area contributed by atoms with Gasteiger partial charge in [0.05, 0.1) is 13.1 Å². The molecule has 152 valence electrons. The Bertz CT molecular complexity index is 136. The van der Waals surface area contributed by atoms with Crippen LogP contribution in [0.5, 0.6) is 0 Å². The molecule has 0 aliphatic carbocycles. The van der Waals surface area contributed by atoms with E-state index in [9.17, 15) is 0 Å². The van der Waals surface area contributed by atoms with Gasteiger partial charge in [0.2, 0.25) is 0 Å². The Morgan fingerprint density at radius 2 is 0.583 bits per heavy atom. The maximum absolute atomic E-state index is 3.83. The second kappa shape index (κ2) is 34.8. The summed E-state index contributed by atoms with van der Waals surface area (Å²) in [7, 11) is 0. The van der Waals surface area contributed by atoms with Gasteiger partial charge in [0.25, 0.3) is 0 Å². The van der Waals surface area contributed by atoms with Crippen LogP contribution in [0.25, 0.3) is 0 Å². The molecule has 4 heteroatoms. The Labute approximate surface area is 166 Å². The van der Waals surface area contributed by atoms with Gasteiger partial charge in [-0.05, 0) is 25.7 Å². The van der Waals surface area contributed by atoms with Gasteiger partial charge in [0.15, 0.2) is 0 Å². The summed E-state index contributed by atoms with van der Waals surface area (Å²) < 4.78 is 0. The maximum Gasteiger partial charge on any atom is 0.0739 e. The van der Waals surface area contributed by atoms with Crippen LogP contribution in [-0.2, 0) is 0 Å². The molecule has 0 aromatic carbocycles. The van der Waals surface area contributed by atoms with Gasteiger partial charge in [0.1, 0.15) is 0 Å². The average molecular weight is 388 g/mol. The van der Waals surface area contributed by atoms with Gasteiger partial charge in [0, 0.05) is 0 Å². The zero-order valence-corrected chi connectivity index (χ0v) is 18.4. The molecule has 0 aliphatic heterocycles. The van der Waals surface area contributed by atoms with Crippen molar-refractivity contribution in [2.45, 2.75) is 117 Å². The number of hydrogen-bond donors (Lipinski definition) is 2. The fourth-order valence-electron chi connectivity index (χ4n) is 2.62. The molecular weight excluding hydrogens is 339 g/mol. The van der Waals surface area contributed by atoms with Gasteiger partial charge in [-0.2, -0.15) is 0 Å². The Balaban J connectivity index is -0.000000154.